The zero-order valence-corrected chi connectivity index (χ0v) is 19.5. The molecule has 36 heavy (non-hydrogen) atoms. The van der Waals surface area contributed by atoms with Crippen LogP contribution in [0.15, 0.2) is 12.5 Å². The molecular weight excluding hydrogens is 478 g/mol. The van der Waals surface area contributed by atoms with Crippen molar-refractivity contribution in [3.8, 4) is 0 Å². The van der Waals surface area contributed by atoms with Crippen LogP contribution < -0.4 is 22.1 Å². The van der Waals surface area contributed by atoms with Crippen molar-refractivity contribution in [3.63, 3.8) is 0 Å². The monoisotopic (exact) mass is 509 g/mol. The van der Waals surface area contributed by atoms with Gasteiger partial charge in [0.15, 0.2) is 0 Å². The molecule has 0 radical (unpaired) electrons. The van der Waals surface area contributed by atoms with Gasteiger partial charge in [0.1, 0.15) is 18.1 Å². The fraction of sp³-hybridized carbons (Fsp3) is 0.571. The van der Waals surface area contributed by atoms with E-state index in [-0.39, 0.29) is 32.2 Å². The number of nitrogens with zero attached hydrogens (tertiary/aromatic N) is 2. The van der Waals surface area contributed by atoms with Crippen LogP contribution in [0.1, 0.15) is 44.2 Å². The number of hydrogen-bond donors (Lipinski definition) is 7. The van der Waals surface area contributed by atoms with Crippen LogP contribution in [0, 0.1) is 0 Å². The van der Waals surface area contributed by atoms with Gasteiger partial charge in [-0.2, -0.15) is 0 Å². The number of H-pyrrole nitrogens is 1. The maximum absolute atomic E-state index is 13.0. The van der Waals surface area contributed by atoms with Crippen molar-refractivity contribution in [2.24, 2.45) is 11.5 Å². The minimum Gasteiger partial charge on any atom is -0.481 e. The third kappa shape index (κ3) is 8.33. The van der Waals surface area contributed by atoms with E-state index in [1.165, 1.54) is 17.4 Å². The highest BCUT2D eigenvalue weighted by Gasteiger charge is 2.38. The standard InChI is InChI=1S/C21H31N7O8/c22-12(8-11-9-24-10-25-11)20(34)28-7-1-2-15(28)19(33)26-13(4-6-17(30)31)18(32)27-14(21(35)36)3-5-16(23)29/h9-10,12-15H,1-8,22H2,(H2,23,29)(H,24,25)(H,26,33)(H,27,32)(H,30,31)(H,35,36). The number of hydrogen-bond acceptors (Lipinski definition) is 8. The van der Waals surface area contributed by atoms with Gasteiger partial charge in [0.25, 0.3) is 0 Å². The molecule has 15 heteroatoms. The van der Waals surface area contributed by atoms with Gasteiger partial charge in [0.2, 0.25) is 23.6 Å². The highest BCUT2D eigenvalue weighted by atomic mass is 16.4. The van der Waals surface area contributed by atoms with E-state index in [0.29, 0.717) is 18.5 Å². The number of likely N-dealkylation sites (tertiary alicyclic amines) is 1. The zero-order valence-electron chi connectivity index (χ0n) is 19.5. The molecule has 4 unspecified atom stereocenters. The van der Waals surface area contributed by atoms with Gasteiger partial charge in [0, 0.05) is 37.7 Å². The van der Waals surface area contributed by atoms with E-state index < -0.39 is 66.2 Å². The first-order chi connectivity index (χ1) is 17.0. The first-order valence-electron chi connectivity index (χ1n) is 11.4. The van der Waals surface area contributed by atoms with Crippen LogP contribution in [0.2, 0.25) is 0 Å². The molecule has 0 spiro atoms. The third-order valence-electron chi connectivity index (χ3n) is 5.72. The largest absolute Gasteiger partial charge is 0.481 e. The number of carbonyl (C=O) groups is 6. The molecule has 1 fully saturated rings. The van der Waals surface area contributed by atoms with Gasteiger partial charge in [-0.05, 0) is 25.7 Å². The van der Waals surface area contributed by atoms with Crippen molar-refractivity contribution in [1.29, 1.82) is 0 Å². The maximum atomic E-state index is 13.0. The van der Waals surface area contributed by atoms with Gasteiger partial charge >= 0.3 is 11.9 Å². The van der Waals surface area contributed by atoms with E-state index >= 15 is 0 Å². The van der Waals surface area contributed by atoms with Crippen LogP contribution in [0.4, 0.5) is 0 Å². The van der Waals surface area contributed by atoms with Gasteiger partial charge < -0.3 is 42.2 Å². The number of aromatic nitrogens is 2. The number of aliphatic carboxylic acids is 2. The number of carbonyl (C=O) groups excluding carboxylic acids is 4. The molecule has 1 aromatic rings. The summed E-state index contributed by atoms with van der Waals surface area (Å²) < 4.78 is 0. The Balaban J connectivity index is 2.08. The Morgan fingerprint density at radius 2 is 1.81 bits per heavy atom. The minimum absolute atomic E-state index is 0.176. The number of amides is 4. The van der Waals surface area contributed by atoms with Gasteiger partial charge in [0.05, 0.1) is 12.4 Å². The van der Waals surface area contributed by atoms with Crippen molar-refractivity contribution >= 4 is 35.6 Å². The van der Waals surface area contributed by atoms with Crippen LogP contribution in [0.5, 0.6) is 0 Å². The Labute approximate surface area is 206 Å². The number of aromatic amines is 1. The number of rotatable bonds is 14. The molecule has 1 aromatic heterocycles. The first-order valence-corrected chi connectivity index (χ1v) is 11.4. The predicted molar refractivity (Wildman–Crippen MR) is 122 cm³/mol. The molecular formula is C21H31N7O8. The van der Waals surface area contributed by atoms with Crippen LogP contribution in [-0.2, 0) is 35.2 Å². The van der Waals surface area contributed by atoms with Crippen molar-refractivity contribution in [2.75, 3.05) is 6.54 Å². The number of carboxylic acid groups (broad SMARTS) is 2. The second-order valence-electron chi connectivity index (χ2n) is 8.48. The molecule has 0 aromatic carbocycles. The zero-order chi connectivity index (χ0) is 26.8. The van der Waals surface area contributed by atoms with Crippen LogP contribution in [0.25, 0.3) is 0 Å². The second-order valence-corrected chi connectivity index (χ2v) is 8.48. The fourth-order valence-electron chi connectivity index (χ4n) is 3.86. The molecule has 2 rings (SSSR count). The molecule has 4 amide bonds. The summed E-state index contributed by atoms with van der Waals surface area (Å²) in [5, 5.41) is 23.0. The second kappa shape index (κ2) is 13.2. The molecule has 1 aliphatic heterocycles. The first kappa shape index (κ1) is 28.2. The smallest absolute Gasteiger partial charge is 0.326 e. The van der Waals surface area contributed by atoms with Gasteiger partial charge in [-0.1, -0.05) is 0 Å². The summed E-state index contributed by atoms with van der Waals surface area (Å²) in [6.07, 6.45) is 2.57. The molecule has 0 aliphatic carbocycles. The summed E-state index contributed by atoms with van der Waals surface area (Å²) in [6, 6.07) is -4.73. The normalized spacial score (nSPS) is 17.6. The molecule has 0 bridgehead atoms. The van der Waals surface area contributed by atoms with Gasteiger partial charge in [-0.15, -0.1) is 0 Å². The molecule has 4 atom stereocenters. The number of carboxylic acids is 2. The maximum Gasteiger partial charge on any atom is 0.326 e. The molecule has 1 aliphatic rings. The highest BCUT2D eigenvalue weighted by molar-refractivity contribution is 5.94. The van der Waals surface area contributed by atoms with Crippen molar-refractivity contribution in [3.05, 3.63) is 18.2 Å². The summed E-state index contributed by atoms with van der Waals surface area (Å²) in [7, 11) is 0. The average Bonchev–Trinajstić information content (AvgIpc) is 3.50. The molecule has 0 saturated carbocycles. The Hall–Kier alpha value is -4.01. The van der Waals surface area contributed by atoms with E-state index in [1.54, 1.807) is 0 Å². The summed E-state index contributed by atoms with van der Waals surface area (Å²) in [6.45, 7) is 0.272. The lowest BCUT2D eigenvalue weighted by molar-refractivity contribution is -0.144. The molecule has 2 heterocycles. The van der Waals surface area contributed by atoms with Gasteiger partial charge in [-0.25, -0.2) is 9.78 Å². The molecule has 15 nitrogen and oxygen atoms in total. The van der Waals surface area contributed by atoms with E-state index in [9.17, 15) is 33.9 Å². The number of nitrogens with two attached hydrogens (primary N) is 2. The van der Waals surface area contributed by atoms with E-state index in [1.807, 2.05) is 0 Å². The highest BCUT2D eigenvalue weighted by Crippen LogP contribution is 2.19. The summed E-state index contributed by atoms with van der Waals surface area (Å²) >= 11 is 0. The Kier molecular flexibility index (Phi) is 10.3. The van der Waals surface area contributed by atoms with Gasteiger partial charge in [-0.3, -0.25) is 24.0 Å². The Bertz CT molecular complexity index is 967. The minimum atomic E-state index is -1.47. The number of nitrogens with one attached hydrogen (secondary N) is 3. The summed E-state index contributed by atoms with van der Waals surface area (Å²) in [4.78, 5) is 80.2. The van der Waals surface area contributed by atoms with Crippen LogP contribution >= 0.6 is 0 Å². The van der Waals surface area contributed by atoms with Crippen LogP contribution in [0.3, 0.4) is 0 Å². The van der Waals surface area contributed by atoms with Crippen molar-refractivity contribution in [2.45, 2.75) is 69.1 Å². The van der Waals surface area contributed by atoms with Crippen molar-refractivity contribution < 1.29 is 39.0 Å². The quantitative estimate of drug-likeness (QED) is 0.138. The lowest BCUT2D eigenvalue weighted by Gasteiger charge is -2.28. The predicted octanol–water partition coefficient (Wildman–Crippen LogP) is -2.54. The Morgan fingerprint density at radius 1 is 1.11 bits per heavy atom. The average molecular weight is 510 g/mol. The van der Waals surface area contributed by atoms with E-state index in [2.05, 4.69) is 20.6 Å². The van der Waals surface area contributed by atoms with E-state index in [4.69, 9.17) is 16.6 Å². The number of primary amides is 1. The molecule has 1 saturated heterocycles. The summed E-state index contributed by atoms with van der Waals surface area (Å²) in [5.41, 5.74) is 11.7. The lowest BCUT2D eigenvalue weighted by Crippen LogP contribution is -2.56. The van der Waals surface area contributed by atoms with Crippen LogP contribution in [-0.4, -0.2) is 91.4 Å². The Morgan fingerprint density at radius 3 is 2.39 bits per heavy atom. The fourth-order valence-corrected chi connectivity index (χ4v) is 3.86. The van der Waals surface area contributed by atoms with E-state index in [0.717, 1.165) is 0 Å². The molecule has 9 N–H and O–H groups in total. The SMILES string of the molecule is NC(=O)CCC(NC(=O)C(CCC(=O)O)NC(=O)C1CCCN1C(=O)C(N)Cc1cnc[nH]1)C(=O)O. The lowest BCUT2D eigenvalue weighted by atomic mass is 10.1. The third-order valence-corrected chi connectivity index (χ3v) is 5.72. The molecule has 198 valence electrons. The number of imidazole rings is 1. The topological polar surface area (TPSA) is 251 Å². The summed E-state index contributed by atoms with van der Waals surface area (Å²) in [5.74, 6) is -5.51. The van der Waals surface area contributed by atoms with Crippen molar-refractivity contribution in [1.82, 2.24) is 25.5 Å².